The number of hydrogen-bond donors (Lipinski definition) is 1. The molecule has 24 heavy (non-hydrogen) atoms. The van der Waals surface area contributed by atoms with Crippen LogP contribution in [0.25, 0.3) is 0 Å². The quantitative estimate of drug-likeness (QED) is 0.867. The van der Waals surface area contributed by atoms with Gasteiger partial charge < -0.3 is 19.7 Å². The zero-order chi connectivity index (χ0) is 16.9. The van der Waals surface area contributed by atoms with Gasteiger partial charge in [-0.05, 0) is 31.0 Å². The first kappa shape index (κ1) is 17.0. The number of nitrogens with zero attached hydrogens (tertiary/aromatic N) is 2. The Balaban J connectivity index is 1.51. The van der Waals surface area contributed by atoms with Crippen molar-refractivity contribution in [3.63, 3.8) is 0 Å². The molecule has 0 aromatic heterocycles. The molecule has 6 heteroatoms. The highest BCUT2D eigenvalue weighted by molar-refractivity contribution is 5.78. The number of benzene rings is 1. The van der Waals surface area contributed by atoms with E-state index in [0.717, 1.165) is 51.3 Å². The van der Waals surface area contributed by atoms with Gasteiger partial charge in [0.25, 0.3) is 5.91 Å². The summed E-state index contributed by atoms with van der Waals surface area (Å²) in [6.07, 6.45) is 1.06. The first-order chi connectivity index (χ1) is 11.7. The zero-order valence-electron chi connectivity index (χ0n) is 14.6. The standard InChI is InChI=1S/C18H27N3O3/c1-14-3-4-16(17(11-14)23-2)24-13-18(22)21-8-5-15(12-21)20-9-6-19-7-10-20/h3-4,11,15,19H,5-10,12-13H2,1-2H3. The Kier molecular flexibility index (Phi) is 5.58. The smallest absolute Gasteiger partial charge is 0.260 e. The van der Waals surface area contributed by atoms with E-state index in [2.05, 4.69) is 10.2 Å². The van der Waals surface area contributed by atoms with E-state index in [1.54, 1.807) is 7.11 Å². The van der Waals surface area contributed by atoms with Gasteiger partial charge in [-0.15, -0.1) is 0 Å². The van der Waals surface area contributed by atoms with Crippen LogP contribution in [0.4, 0.5) is 0 Å². The number of piperazine rings is 1. The van der Waals surface area contributed by atoms with Gasteiger partial charge in [0.05, 0.1) is 7.11 Å². The summed E-state index contributed by atoms with van der Waals surface area (Å²) in [6, 6.07) is 6.22. The molecule has 0 spiro atoms. The molecule has 132 valence electrons. The van der Waals surface area contributed by atoms with E-state index in [1.807, 2.05) is 30.0 Å². The number of carbonyl (C=O) groups excluding carboxylic acids is 1. The molecule has 2 aliphatic rings. The second-order valence-corrected chi connectivity index (χ2v) is 6.51. The zero-order valence-corrected chi connectivity index (χ0v) is 14.6. The van der Waals surface area contributed by atoms with Crippen LogP contribution in [0.1, 0.15) is 12.0 Å². The third-order valence-corrected chi connectivity index (χ3v) is 4.85. The maximum absolute atomic E-state index is 12.4. The molecule has 2 heterocycles. The first-order valence-corrected chi connectivity index (χ1v) is 8.67. The summed E-state index contributed by atoms with van der Waals surface area (Å²) in [5.41, 5.74) is 1.10. The van der Waals surface area contributed by atoms with Gasteiger partial charge in [0, 0.05) is 45.3 Å². The number of rotatable bonds is 5. The second-order valence-electron chi connectivity index (χ2n) is 6.51. The third-order valence-electron chi connectivity index (χ3n) is 4.85. The van der Waals surface area contributed by atoms with Crippen LogP contribution in [-0.2, 0) is 4.79 Å². The molecule has 0 bridgehead atoms. The first-order valence-electron chi connectivity index (χ1n) is 8.67. The van der Waals surface area contributed by atoms with Crippen LogP contribution in [0, 0.1) is 6.92 Å². The Morgan fingerprint density at radius 1 is 1.25 bits per heavy atom. The molecule has 6 nitrogen and oxygen atoms in total. The summed E-state index contributed by atoms with van der Waals surface area (Å²) in [5, 5.41) is 3.37. The number of carbonyl (C=O) groups is 1. The highest BCUT2D eigenvalue weighted by Crippen LogP contribution is 2.28. The van der Waals surface area contributed by atoms with Crippen molar-refractivity contribution in [1.82, 2.24) is 15.1 Å². The van der Waals surface area contributed by atoms with Gasteiger partial charge in [-0.25, -0.2) is 0 Å². The van der Waals surface area contributed by atoms with Crippen LogP contribution in [-0.4, -0.2) is 74.7 Å². The van der Waals surface area contributed by atoms with Gasteiger partial charge in [-0.2, -0.15) is 0 Å². The summed E-state index contributed by atoms with van der Waals surface area (Å²) in [7, 11) is 1.61. The molecule has 1 amide bonds. The number of ether oxygens (including phenoxy) is 2. The minimum absolute atomic E-state index is 0.0512. The largest absolute Gasteiger partial charge is 0.493 e. The molecule has 1 aromatic rings. The Labute approximate surface area is 143 Å². The third kappa shape index (κ3) is 3.99. The molecular formula is C18H27N3O3. The summed E-state index contributed by atoms with van der Waals surface area (Å²) in [6.45, 7) is 7.93. The van der Waals surface area contributed by atoms with Gasteiger partial charge in [0.1, 0.15) is 0 Å². The van der Waals surface area contributed by atoms with E-state index in [1.165, 1.54) is 0 Å². The molecule has 0 saturated carbocycles. The topological polar surface area (TPSA) is 54.0 Å². The second kappa shape index (κ2) is 7.85. The van der Waals surface area contributed by atoms with Crippen LogP contribution in [0.5, 0.6) is 11.5 Å². The van der Waals surface area contributed by atoms with E-state index >= 15 is 0 Å². The monoisotopic (exact) mass is 333 g/mol. The van der Waals surface area contributed by atoms with Gasteiger partial charge in [-0.3, -0.25) is 9.69 Å². The molecular weight excluding hydrogens is 306 g/mol. The van der Waals surface area contributed by atoms with E-state index in [9.17, 15) is 4.79 Å². The number of aryl methyl sites for hydroxylation is 1. The van der Waals surface area contributed by atoms with Crippen LogP contribution in [0.3, 0.4) is 0 Å². The molecule has 0 radical (unpaired) electrons. The summed E-state index contributed by atoms with van der Waals surface area (Å²) in [5.74, 6) is 1.34. The Morgan fingerprint density at radius 3 is 2.79 bits per heavy atom. The SMILES string of the molecule is COc1cc(C)ccc1OCC(=O)N1CCC(N2CCNCC2)C1. The van der Waals surface area contributed by atoms with Gasteiger partial charge in [0.2, 0.25) is 0 Å². The summed E-state index contributed by atoms with van der Waals surface area (Å²) >= 11 is 0. The molecule has 1 aromatic carbocycles. The Hall–Kier alpha value is -1.79. The van der Waals surface area contributed by atoms with Crippen LogP contribution >= 0.6 is 0 Å². The van der Waals surface area contributed by atoms with Crippen molar-refractivity contribution in [2.45, 2.75) is 19.4 Å². The number of nitrogens with one attached hydrogen (secondary N) is 1. The summed E-state index contributed by atoms with van der Waals surface area (Å²) < 4.78 is 11.0. The van der Waals surface area contributed by atoms with Gasteiger partial charge in [-0.1, -0.05) is 6.07 Å². The lowest BCUT2D eigenvalue weighted by Gasteiger charge is -2.32. The van der Waals surface area contributed by atoms with Crippen LogP contribution in [0.15, 0.2) is 18.2 Å². The average Bonchev–Trinajstić information content (AvgIpc) is 3.11. The fraction of sp³-hybridized carbons (Fsp3) is 0.611. The molecule has 2 aliphatic heterocycles. The number of amides is 1. The predicted molar refractivity (Wildman–Crippen MR) is 92.7 cm³/mol. The molecule has 1 N–H and O–H groups in total. The molecule has 1 atom stereocenters. The van der Waals surface area contributed by atoms with Gasteiger partial charge >= 0.3 is 0 Å². The van der Waals surface area contributed by atoms with Crippen molar-refractivity contribution in [2.75, 3.05) is 53.0 Å². The van der Waals surface area contributed by atoms with Crippen LogP contribution < -0.4 is 14.8 Å². The van der Waals surface area contributed by atoms with Gasteiger partial charge in [0.15, 0.2) is 18.1 Å². The number of hydrogen-bond acceptors (Lipinski definition) is 5. The lowest BCUT2D eigenvalue weighted by Crippen LogP contribution is -2.49. The minimum Gasteiger partial charge on any atom is -0.493 e. The van der Waals surface area contributed by atoms with Crippen molar-refractivity contribution in [2.24, 2.45) is 0 Å². The molecule has 3 rings (SSSR count). The van der Waals surface area contributed by atoms with Crippen LogP contribution in [0.2, 0.25) is 0 Å². The maximum Gasteiger partial charge on any atom is 0.260 e. The molecule has 1 unspecified atom stereocenters. The average molecular weight is 333 g/mol. The number of methoxy groups -OCH3 is 1. The molecule has 2 fully saturated rings. The fourth-order valence-corrected chi connectivity index (χ4v) is 3.44. The highest BCUT2D eigenvalue weighted by atomic mass is 16.5. The normalized spacial score (nSPS) is 21.8. The van der Waals surface area contributed by atoms with Crippen molar-refractivity contribution in [3.8, 4) is 11.5 Å². The van der Waals surface area contributed by atoms with E-state index in [0.29, 0.717) is 17.5 Å². The number of likely N-dealkylation sites (tertiary alicyclic amines) is 1. The van der Waals surface area contributed by atoms with E-state index < -0.39 is 0 Å². The van der Waals surface area contributed by atoms with E-state index in [4.69, 9.17) is 9.47 Å². The Bertz CT molecular complexity index is 573. The highest BCUT2D eigenvalue weighted by Gasteiger charge is 2.31. The van der Waals surface area contributed by atoms with Crippen molar-refractivity contribution < 1.29 is 14.3 Å². The lowest BCUT2D eigenvalue weighted by molar-refractivity contribution is -0.132. The minimum atomic E-state index is 0.0512. The Morgan fingerprint density at radius 2 is 2.04 bits per heavy atom. The van der Waals surface area contributed by atoms with Crippen molar-refractivity contribution in [3.05, 3.63) is 23.8 Å². The maximum atomic E-state index is 12.4. The molecule has 2 saturated heterocycles. The van der Waals surface area contributed by atoms with E-state index in [-0.39, 0.29) is 12.5 Å². The van der Waals surface area contributed by atoms with Crippen molar-refractivity contribution >= 4 is 5.91 Å². The predicted octanol–water partition coefficient (Wildman–Crippen LogP) is 0.889. The lowest BCUT2D eigenvalue weighted by atomic mass is 10.2. The van der Waals surface area contributed by atoms with Crippen molar-refractivity contribution in [1.29, 1.82) is 0 Å². The fourth-order valence-electron chi connectivity index (χ4n) is 3.44. The summed E-state index contributed by atoms with van der Waals surface area (Å²) in [4.78, 5) is 16.9. The molecule has 0 aliphatic carbocycles.